The summed E-state index contributed by atoms with van der Waals surface area (Å²) in [6, 6.07) is 16.0. The number of hydrogen-bond acceptors (Lipinski definition) is 3. The quantitative estimate of drug-likeness (QED) is 0.464. The number of nitrogens with two attached hydrogens (primary N) is 2. The lowest BCUT2D eigenvalue weighted by Gasteiger charge is -2.01. The molecule has 3 heteroatoms. The average Bonchev–Trinajstić information content (AvgIpc) is 2.78. The summed E-state index contributed by atoms with van der Waals surface area (Å²) in [5.41, 5.74) is 14.8. The van der Waals surface area contributed by atoms with E-state index in [-0.39, 0.29) is 0 Å². The number of furan rings is 1. The summed E-state index contributed by atoms with van der Waals surface area (Å²) >= 11 is 0. The van der Waals surface area contributed by atoms with Crippen LogP contribution in [0.3, 0.4) is 0 Å². The zero-order chi connectivity index (χ0) is 13.0. The lowest BCUT2D eigenvalue weighted by molar-refractivity contribution is 0.669. The van der Waals surface area contributed by atoms with Crippen LogP contribution in [0.4, 0.5) is 11.4 Å². The molecule has 0 atom stereocenters. The molecule has 4 rings (SSSR count). The van der Waals surface area contributed by atoms with Crippen molar-refractivity contribution in [2.45, 2.75) is 0 Å². The molecule has 19 heavy (non-hydrogen) atoms. The van der Waals surface area contributed by atoms with Crippen LogP contribution in [-0.2, 0) is 0 Å². The Bertz CT molecular complexity index is 938. The predicted molar refractivity (Wildman–Crippen MR) is 80.1 cm³/mol. The maximum atomic E-state index is 6.09. The highest BCUT2D eigenvalue weighted by Crippen LogP contribution is 2.37. The van der Waals surface area contributed by atoms with E-state index in [1.807, 2.05) is 24.3 Å². The van der Waals surface area contributed by atoms with Crippen molar-refractivity contribution in [1.29, 1.82) is 0 Å². The molecule has 4 N–H and O–H groups in total. The zero-order valence-corrected chi connectivity index (χ0v) is 10.2. The minimum atomic E-state index is 0.586. The van der Waals surface area contributed by atoms with E-state index in [2.05, 4.69) is 18.2 Å². The van der Waals surface area contributed by atoms with Gasteiger partial charge in [0.05, 0.1) is 16.8 Å². The molecule has 4 aromatic rings. The fraction of sp³-hybridized carbons (Fsp3) is 0. The van der Waals surface area contributed by atoms with E-state index in [1.165, 1.54) is 5.39 Å². The summed E-state index contributed by atoms with van der Waals surface area (Å²) in [7, 11) is 0. The Kier molecular flexibility index (Phi) is 1.85. The summed E-state index contributed by atoms with van der Waals surface area (Å²) in [6.07, 6.45) is 0. The Hall–Kier alpha value is -2.68. The fourth-order valence-corrected chi connectivity index (χ4v) is 2.60. The molecule has 0 saturated carbocycles. The fourth-order valence-electron chi connectivity index (χ4n) is 2.60. The van der Waals surface area contributed by atoms with Gasteiger partial charge < -0.3 is 15.9 Å². The van der Waals surface area contributed by atoms with Gasteiger partial charge in [-0.05, 0) is 35.0 Å². The first-order valence-electron chi connectivity index (χ1n) is 6.13. The van der Waals surface area contributed by atoms with Crippen LogP contribution in [0.5, 0.6) is 0 Å². The first-order chi connectivity index (χ1) is 9.24. The number of nitrogen functional groups attached to an aromatic ring is 2. The van der Waals surface area contributed by atoms with Crippen LogP contribution in [0.2, 0.25) is 0 Å². The maximum Gasteiger partial charge on any atom is 0.137 e. The van der Waals surface area contributed by atoms with Gasteiger partial charge in [-0.25, -0.2) is 0 Å². The molecule has 0 amide bonds. The molecule has 1 heterocycles. The largest absolute Gasteiger partial charge is 0.456 e. The summed E-state index contributed by atoms with van der Waals surface area (Å²) in [6.45, 7) is 0. The second-order valence-corrected chi connectivity index (χ2v) is 4.74. The number of anilines is 2. The third kappa shape index (κ3) is 1.32. The molecule has 92 valence electrons. The Morgan fingerprint density at radius 3 is 2.32 bits per heavy atom. The van der Waals surface area contributed by atoms with Crippen LogP contribution in [0.1, 0.15) is 0 Å². The molecule has 0 aliphatic carbocycles. The third-order valence-electron chi connectivity index (χ3n) is 3.58. The molecule has 0 fully saturated rings. The molecule has 3 nitrogen and oxygen atoms in total. The number of hydrogen-bond donors (Lipinski definition) is 2. The van der Waals surface area contributed by atoms with Crippen molar-refractivity contribution in [3.05, 3.63) is 48.5 Å². The van der Waals surface area contributed by atoms with E-state index in [4.69, 9.17) is 15.9 Å². The molecule has 0 radical (unpaired) electrons. The highest BCUT2D eigenvalue weighted by Gasteiger charge is 2.12. The molecule has 0 aliphatic heterocycles. The van der Waals surface area contributed by atoms with Crippen LogP contribution in [-0.4, -0.2) is 0 Å². The molecule has 3 aromatic carbocycles. The van der Waals surface area contributed by atoms with E-state index in [9.17, 15) is 0 Å². The summed E-state index contributed by atoms with van der Waals surface area (Å²) < 4.78 is 5.86. The van der Waals surface area contributed by atoms with Gasteiger partial charge in [-0.2, -0.15) is 0 Å². The summed E-state index contributed by atoms with van der Waals surface area (Å²) in [5.74, 6) is 0. The van der Waals surface area contributed by atoms with Crippen molar-refractivity contribution in [3.8, 4) is 0 Å². The van der Waals surface area contributed by atoms with E-state index in [0.29, 0.717) is 11.4 Å². The molecular weight excluding hydrogens is 236 g/mol. The van der Waals surface area contributed by atoms with Crippen LogP contribution in [0.25, 0.3) is 32.7 Å². The van der Waals surface area contributed by atoms with Gasteiger partial charge in [0, 0.05) is 5.39 Å². The van der Waals surface area contributed by atoms with Gasteiger partial charge in [-0.3, -0.25) is 0 Å². The minimum absolute atomic E-state index is 0.586. The average molecular weight is 248 g/mol. The lowest BCUT2D eigenvalue weighted by atomic mass is 10.0. The third-order valence-corrected chi connectivity index (χ3v) is 3.58. The highest BCUT2D eigenvalue weighted by atomic mass is 16.3. The summed E-state index contributed by atoms with van der Waals surface area (Å²) in [4.78, 5) is 0. The van der Waals surface area contributed by atoms with Gasteiger partial charge >= 0.3 is 0 Å². The van der Waals surface area contributed by atoms with Crippen molar-refractivity contribution in [3.63, 3.8) is 0 Å². The normalized spacial score (nSPS) is 11.6. The van der Waals surface area contributed by atoms with Gasteiger partial charge in [0.15, 0.2) is 0 Å². The second-order valence-electron chi connectivity index (χ2n) is 4.74. The van der Waals surface area contributed by atoms with Crippen LogP contribution in [0.15, 0.2) is 52.9 Å². The molecule has 0 aliphatic rings. The number of fused-ring (bicyclic) bond motifs is 4. The van der Waals surface area contributed by atoms with E-state index >= 15 is 0 Å². The molecule has 1 aromatic heterocycles. The Labute approximate surface area is 109 Å². The SMILES string of the molecule is Nc1ccc2oc3cc4ccccc4cc3c2c1N. The van der Waals surface area contributed by atoms with Gasteiger partial charge in [0.1, 0.15) is 11.2 Å². The van der Waals surface area contributed by atoms with Crippen molar-refractivity contribution in [2.75, 3.05) is 11.5 Å². The molecule has 0 bridgehead atoms. The van der Waals surface area contributed by atoms with Gasteiger partial charge in [-0.1, -0.05) is 24.3 Å². The Morgan fingerprint density at radius 2 is 1.53 bits per heavy atom. The summed E-state index contributed by atoms with van der Waals surface area (Å²) in [5, 5.41) is 4.24. The van der Waals surface area contributed by atoms with Crippen LogP contribution < -0.4 is 11.5 Å². The van der Waals surface area contributed by atoms with Gasteiger partial charge in [0.2, 0.25) is 0 Å². The predicted octanol–water partition coefficient (Wildman–Crippen LogP) is 3.90. The van der Waals surface area contributed by atoms with Gasteiger partial charge in [-0.15, -0.1) is 0 Å². The first kappa shape index (κ1) is 10.3. The zero-order valence-electron chi connectivity index (χ0n) is 10.2. The lowest BCUT2D eigenvalue weighted by Crippen LogP contribution is -1.94. The van der Waals surface area contributed by atoms with E-state index < -0.39 is 0 Å². The molecular formula is C16H12N2O. The minimum Gasteiger partial charge on any atom is -0.456 e. The Balaban J connectivity index is 2.28. The van der Waals surface area contributed by atoms with Crippen molar-refractivity contribution in [1.82, 2.24) is 0 Å². The van der Waals surface area contributed by atoms with Gasteiger partial charge in [0.25, 0.3) is 0 Å². The second kappa shape index (κ2) is 3.42. The van der Waals surface area contributed by atoms with Crippen molar-refractivity contribution >= 4 is 44.1 Å². The van der Waals surface area contributed by atoms with Crippen LogP contribution >= 0.6 is 0 Å². The molecule has 0 saturated heterocycles. The molecule has 0 spiro atoms. The highest BCUT2D eigenvalue weighted by molar-refractivity contribution is 6.16. The van der Waals surface area contributed by atoms with E-state index in [0.717, 1.165) is 27.3 Å². The molecule has 0 unspecified atom stereocenters. The topological polar surface area (TPSA) is 65.2 Å². The number of rotatable bonds is 0. The standard InChI is InChI=1S/C16H12N2O/c17-12-5-6-13-15(16(12)18)11-7-9-3-1-2-4-10(9)8-14(11)19-13/h1-8H,17-18H2. The monoisotopic (exact) mass is 248 g/mol. The first-order valence-corrected chi connectivity index (χ1v) is 6.13. The van der Waals surface area contributed by atoms with Crippen molar-refractivity contribution < 1.29 is 4.42 Å². The maximum absolute atomic E-state index is 6.09. The van der Waals surface area contributed by atoms with E-state index in [1.54, 1.807) is 6.07 Å². The number of benzene rings is 3. The Morgan fingerprint density at radius 1 is 0.789 bits per heavy atom. The van der Waals surface area contributed by atoms with Crippen molar-refractivity contribution in [2.24, 2.45) is 0 Å². The smallest absolute Gasteiger partial charge is 0.137 e. The van der Waals surface area contributed by atoms with Crippen LogP contribution in [0, 0.1) is 0 Å².